The van der Waals surface area contributed by atoms with Gasteiger partial charge in [0, 0.05) is 19.5 Å². The smallest absolute Gasteiger partial charge is 0.335 e. The summed E-state index contributed by atoms with van der Waals surface area (Å²) in [6.07, 6.45) is 2.35. The summed E-state index contributed by atoms with van der Waals surface area (Å²) < 4.78 is 0. The van der Waals surface area contributed by atoms with Crippen LogP contribution in [0.1, 0.15) is 35.2 Å². The molecule has 0 saturated carbocycles. The molecule has 0 aromatic heterocycles. The average molecular weight is 290 g/mol. The Bertz CT molecular complexity index is 539. The molecule has 1 aliphatic heterocycles. The highest BCUT2D eigenvalue weighted by Crippen LogP contribution is 2.09. The summed E-state index contributed by atoms with van der Waals surface area (Å²) in [5.41, 5.74) is 1.03. The van der Waals surface area contributed by atoms with Crippen LogP contribution < -0.4 is 5.32 Å². The Morgan fingerprint density at radius 3 is 2.52 bits per heavy atom. The Morgan fingerprint density at radius 2 is 1.90 bits per heavy atom. The van der Waals surface area contributed by atoms with Crippen LogP contribution in [0.3, 0.4) is 0 Å². The maximum Gasteiger partial charge on any atom is 0.335 e. The summed E-state index contributed by atoms with van der Waals surface area (Å²) in [5.74, 6) is -1.15. The van der Waals surface area contributed by atoms with Crippen molar-refractivity contribution < 1.29 is 19.5 Å². The Balaban J connectivity index is 1.80. The maximum absolute atomic E-state index is 11.8. The zero-order chi connectivity index (χ0) is 15.2. The first-order valence-corrected chi connectivity index (χ1v) is 6.93. The van der Waals surface area contributed by atoms with Crippen molar-refractivity contribution in [1.29, 1.82) is 0 Å². The predicted molar refractivity (Wildman–Crippen MR) is 75.7 cm³/mol. The van der Waals surface area contributed by atoms with E-state index in [1.165, 1.54) is 12.1 Å². The van der Waals surface area contributed by atoms with E-state index in [2.05, 4.69) is 5.32 Å². The summed E-state index contributed by atoms with van der Waals surface area (Å²) in [6.45, 7) is 1.05. The van der Waals surface area contributed by atoms with Crippen molar-refractivity contribution in [2.75, 3.05) is 13.1 Å². The lowest BCUT2D eigenvalue weighted by Gasteiger charge is -2.25. The number of nitrogens with one attached hydrogen (secondary N) is 1. The molecule has 0 radical (unpaired) electrons. The summed E-state index contributed by atoms with van der Waals surface area (Å²) in [5, 5.41) is 11.5. The molecule has 1 heterocycles. The third-order valence-corrected chi connectivity index (χ3v) is 3.45. The molecule has 1 aliphatic rings. The normalized spacial score (nSPS) is 14.9. The van der Waals surface area contributed by atoms with Gasteiger partial charge in [-0.15, -0.1) is 0 Å². The number of rotatable bonds is 5. The largest absolute Gasteiger partial charge is 0.478 e. The fourth-order valence-electron chi connectivity index (χ4n) is 2.22. The van der Waals surface area contributed by atoms with Gasteiger partial charge in [0.2, 0.25) is 11.8 Å². The number of carboxylic acid groups (broad SMARTS) is 1. The molecule has 1 aromatic carbocycles. The van der Waals surface area contributed by atoms with Gasteiger partial charge >= 0.3 is 5.97 Å². The first kappa shape index (κ1) is 15.0. The van der Waals surface area contributed by atoms with Crippen LogP contribution in [-0.2, 0) is 16.1 Å². The summed E-state index contributed by atoms with van der Waals surface area (Å²) in [4.78, 5) is 35.7. The molecule has 1 saturated heterocycles. The van der Waals surface area contributed by atoms with Gasteiger partial charge in [0.1, 0.15) is 0 Å². The Labute approximate surface area is 122 Å². The highest BCUT2D eigenvalue weighted by Gasteiger charge is 2.20. The first-order chi connectivity index (χ1) is 10.1. The molecule has 21 heavy (non-hydrogen) atoms. The van der Waals surface area contributed by atoms with E-state index in [-0.39, 0.29) is 23.9 Å². The molecule has 0 bridgehead atoms. The second-order valence-corrected chi connectivity index (χ2v) is 5.05. The number of aromatic carboxylic acids is 1. The number of hydrogen-bond donors (Lipinski definition) is 2. The molecule has 0 aliphatic carbocycles. The summed E-state index contributed by atoms with van der Waals surface area (Å²) >= 11 is 0. The van der Waals surface area contributed by atoms with Gasteiger partial charge in [-0.1, -0.05) is 12.1 Å². The third-order valence-electron chi connectivity index (χ3n) is 3.45. The fourth-order valence-corrected chi connectivity index (χ4v) is 2.22. The molecule has 6 heteroatoms. The monoisotopic (exact) mass is 290 g/mol. The quantitative estimate of drug-likeness (QED) is 0.847. The average Bonchev–Trinajstić information content (AvgIpc) is 2.48. The van der Waals surface area contributed by atoms with Gasteiger partial charge in [-0.2, -0.15) is 0 Å². The molecule has 1 aromatic rings. The van der Waals surface area contributed by atoms with Crippen molar-refractivity contribution in [3.05, 3.63) is 35.4 Å². The van der Waals surface area contributed by atoms with E-state index in [0.717, 1.165) is 18.4 Å². The Morgan fingerprint density at radius 1 is 1.19 bits per heavy atom. The van der Waals surface area contributed by atoms with Crippen molar-refractivity contribution in [3.8, 4) is 0 Å². The van der Waals surface area contributed by atoms with Gasteiger partial charge < -0.3 is 15.3 Å². The minimum Gasteiger partial charge on any atom is -0.478 e. The number of carbonyl (C=O) groups is 3. The second kappa shape index (κ2) is 6.88. The van der Waals surface area contributed by atoms with Gasteiger partial charge in [-0.05, 0) is 30.5 Å². The summed E-state index contributed by atoms with van der Waals surface area (Å²) in [7, 11) is 0. The molecular weight excluding hydrogens is 272 g/mol. The van der Waals surface area contributed by atoms with Crippen LogP contribution in [0.25, 0.3) is 0 Å². The minimum absolute atomic E-state index is 0.0298. The lowest BCUT2D eigenvalue weighted by molar-refractivity contribution is -0.137. The Kier molecular flexibility index (Phi) is 4.92. The zero-order valence-electron chi connectivity index (χ0n) is 11.7. The number of hydrogen-bond acceptors (Lipinski definition) is 3. The van der Waals surface area contributed by atoms with Gasteiger partial charge in [0.15, 0.2) is 0 Å². The number of benzene rings is 1. The fraction of sp³-hybridized carbons (Fsp3) is 0.400. The van der Waals surface area contributed by atoms with E-state index in [0.29, 0.717) is 19.5 Å². The van der Waals surface area contributed by atoms with Crippen LogP contribution in [0.2, 0.25) is 0 Å². The standard InChI is InChI=1S/C15H18N2O4/c18-13(10-17-8-2-1-3-14(17)19)16-9-11-4-6-12(7-5-11)15(20)21/h4-7H,1-3,8-10H2,(H,16,18)(H,20,21). The van der Waals surface area contributed by atoms with Crippen LogP contribution in [-0.4, -0.2) is 40.9 Å². The topological polar surface area (TPSA) is 86.7 Å². The predicted octanol–water partition coefficient (Wildman–Crippen LogP) is 1.01. The molecule has 6 nitrogen and oxygen atoms in total. The zero-order valence-corrected chi connectivity index (χ0v) is 11.7. The molecule has 2 amide bonds. The van der Waals surface area contributed by atoms with Crippen LogP contribution in [0.15, 0.2) is 24.3 Å². The van der Waals surface area contributed by atoms with Crippen molar-refractivity contribution in [1.82, 2.24) is 10.2 Å². The number of amides is 2. The molecule has 1 fully saturated rings. The highest BCUT2D eigenvalue weighted by atomic mass is 16.4. The SMILES string of the molecule is O=C(CN1CCCCC1=O)NCc1ccc(C(=O)O)cc1. The van der Waals surface area contributed by atoms with Crippen LogP contribution in [0.4, 0.5) is 0 Å². The lowest BCUT2D eigenvalue weighted by Crippen LogP contribution is -2.42. The van der Waals surface area contributed by atoms with Gasteiger partial charge in [-0.25, -0.2) is 4.79 Å². The van der Waals surface area contributed by atoms with Crippen LogP contribution in [0, 0.1) is 0 Å². The van der Waals surface area contributed by atoms with Gasteiger partial charge in [-0.3, -0.25) is 9.59 Å². The van der Waals surface area contributed by atoms with Crippen LogP contribution >= 0.6 is 0 Å². The molecule has 112 valence electrons. The van der Waals surface area contributed by atoms with Crippen molar-refractivity contribution in [2.24, 2.45) is 0 Å². The van der Waals surface area contributed by atoms with Crippen molar-refractivity contribution >= 4 is 17.8 Å². The summed E-state index contributed by atoms with van der Waals surface area (Å²) in [6, 6.07) is 6.32. The Hall–Kier alpha value is -2.37. The first-order valence-electron chi connectivity index (χ1n) is 6.93. The van der Waals surface area contributed by atoms with Crippen LogP contribution in [0.5, 0.6) is 0 Å². The number of likely N-dealkylation sites (tertiary alicyclic amines) is 1. The van der Waals surface area contributed by atoms with E-state index in [1.54, 1.807) is 17.0 Å². The van der Waals surface area contributed by atoms with E-state index >= 15 is 0 Å². The van der Waals surface area contributed by atoms with E-state index in [1.807, 2.05) is 0 Å². The molecule has 2 rings (SSSR count). The maximum atomic E-state index is 11.8. The lowest BCUT2D eigenvalue weighted by atomic mass is 10.1. The molecular formula is C15H18N2O4. The highest BCUT2D eigenvalue weighted by molar-refractivity contribution is 5.87. The molecule has 0 atom stereocenters. The minimum atomic E-state index is -0.978. The molecule has 2 N–H and O–H groups in total. The van der Waals surface area contributed by atoms with Crippen molar-refractivity contribution in [2.45, 2.75) is 25.8 Å². The number of piperidine rings is 1. The third kappa shape index (κ3) is 4.30. The van der Waals surface area contributed by atoms with Gasteiger partial charge in [0.05, 0.1) is 12.1 Å². The van der Waals surface area contributed by atoms with E-state index in [9.17, 15) is 14.4 Å². The number of carboxylic acids is 1. The van der Waals surface area contributed by atoms with E-state index in [4.69, 9.17) is 5.11 Å². The van der Waals surface area contributed by atoms with Gasteiger partial charge in [0.25, 0.3) is 0 Å². The second-order valence-electron chi connectivity index (χ2n) is 5.05. The molecule has 0 spiro atoms. The number of nitrogens with zero attached hydrogens (tertiary/aromatic N) is 1. The number of carbonyl (C=O) groups excluding carboxylic acids is 2. The molecule has 0 unspecified atom stereocenters. The van der Waals surface area contributed by atoms with Crippen molar-refractivity contribution in [3.63, 3.8) is 0 Å². The van der Waals surface area contributed by atoms with E-state index < -0.39 is 5.97 Å².